The Bertz CT molecular complexity index is 705. The molecule has 1 aliphatic heterocycles. The van der Waals surface area contributed by atoms with Crippen LogP contribution in [-0.2, 0) is 0 Å². The predicted molar refractivity (Wildman–Crippen MR) is 114 cm³/mol. The lowest BCUT2D eigenvalue weighted by atomic mass is 10.1. The van der Waals surface area contributed by atoms with E-state index in [1.807, 2.05) is 0 Å². The molecule has 2 aromatic rings. The summed E-state index contributed by atoms with van der Waals surface area (Å²) in [5.41, 5.74) is 8.12. The van der Waals surface area contributed by atoms with Crippen molar-refractivity contribution in [1.29, 1.82) is 0 Å². The summed E-state index contributed by atoms with van der Waals surface area (Å²) in [4.78, 5) is 5.14. The average Bonchev–Trinajstić information content (AvgIpc) is 2.97. The first-order chi connectivity index (χ1) is 12.5. The molecule has 0 saturated heterocycles. The van der Waals surface area contributed by atoms with Gasteiger partial charge in [0.05, 0.1) is 0 Å². The molecule has 1 aliphatic rings. The lowest BCUT2D eigenvalue weighted by Gasteiger charge is -2.38. The highest BCUT2D eigenvalue weighted by molar-refractivity contribution is 5.67. The van der Waals surface area contributed by atoms with Crippen molar-refractivity contribution in [2.45, 2.75) is 60.5 Å². The number of benzene rings is 2. The van der Waals surface area contributed by atoms with E-state index in [0.717, 1.165) is 12.8 Å². The second-order valence-electron chi connectivity index (χ2n) is 7.67. The van der Waals surface area contributed by atoms with Gasteiger partial charge in [-0.3, -0.25) is 0 Å². The molecule has 0 amide bonds. The minimum atomic E-state index is 0.310. The molecule has 0 atom stereocenters. The van der Waals surface area contributed by atoms with E-state index in [0.29, 0.717) is 12.1 Å². The summed E-state index contributed by atoms with van der Waals surface area (Å²) in [5.74, 6) is 0.503. The highest BCUT2D eigenvalue weighted by Gasteiger charge is 2.39. The van der Waals surface area contributed by atoms with E-state index in [9.17, 15) is 0 Å². The normalized spacial score (nSPS) is 15.5. The minimum absolute atomic E-state index is 0.310. The van der Waals surface area contributed by atoms with Crippen molar-refractivity contribution in [2.24, 2.45) is 5.92 Å². The van der Waals surface area contributed by atoms with Gasteiger partial charge < -0.3 is 9.80 Å². The van der Waals surface area contributed by atoms with E-state index in [4.69, 9.17) is 0 Å². The van der Waals surface area contributed by atoms with Gasteiger partial charge in [0, 0.05) is 22.8 Å². The number of nitrogens with zero attached hydrogens (tertiary/aromatic N) is 2. The van der Waals surface area contributed by atoms with Gasteiger partial charge in [0.25, 0.3) is 0 Å². The fourth-order valence-electron chi connectivity index (χ4n) is 4.09. The molecule has 0 saturated carbocycles. The molecule has 0 bridgehead atoms. The van der Waals surface area contributed by atoms with Gasteiger partial charge in [0.1, 0.15) is 6.17 Å². The zero-order valence-electron chi connectivity index (χ0n) is 17.1. The van der Waals surface area contributed by atoms with Crippen LogP contribution in [0.4, 0.5) is 11.4 Å². The maximum absolute atomic E-state index is 2.57. The molecule has 2 nitrogen and oxygen atoms in total. The Hall–Kier alpha value is -2.22. The first-order valence-electron chi connectivity index (χ1n) is 9.91. The Labute approximate surface area is 159 Å². The summed E-state index contributed by atoms with van der Waals surface area (Å²) < 4.78 is 0. The van der Waals surface area contributed by atoms with Gasteiger partial charge in [-0.1, -0.05) is 63.1 Å². The van der Waals surface area contributed by atoms with Crippen molar-refractivity contribution in [3.8, 4) is 0 Å². The minimum Gasteiger partial charge on any atom is -0.322 e. The van der Waals surface area contributed by atoms with Crippen LogP contribution in [0.1, 0.15) is 51.7 Å². The van der Waals surface area contributed by atoms with Crippen molar-refractivity contribution in [3.63, 3.8) is 0 Å². The highest BCUT2D eigenvalue weighted by Crippen LogP contribution is 2.42. The van der Waals surface area contributed by atoms with Crippen LogP contribution in [0, 0.1) is 19.8 Å². The van der Waals surface area contributed by atoms with Crippen LogP contribution in [0.15, 0.2) is 59.9 Å². The average molecular weight is 349 g/mol. The van der Waals surface area contributed by atoms with Gasteiger partial charge in [-0.25, -0.2) is 0 Å². The van der Waals surface area contributed by atoms with Gasteiger partial charge in [-0.05, 0) is 56.9 Å². The number of aryl methyl sites for hydroxylation is 2. The van der Waals surface area contributed by atoms with Gasteiger partial charge in [0.15, 0.2) is 0 Å². The van der Waals surface area contributed by atoms with Crippen LogP contribution in [0.2, 0.25) is 0 Å². The zero-order valence-corrected chi connectivity index (χ0v) is 17.1. The molecule has 26 heavy (non-hydrogen) atoms. The lowest BCUT2D eigenvalue weighted by Crippen LogP contribution is -2.44. The lowest BCUT2D eigenvalue weighted by molar-refractivity contribution is 0.490. The molecule has 0 fully saturated rings. The maximum Gasteiger partial charge on any atom is 0.113 e. The van der Waals surface area contributed by atoms with E-state index >= 15 is 0 Å². The molecular weight excluding hydrogens is 316 g/mol. The largest absolute Gasteiger partial charge is 0.322 e. The van der Waals surface area contributed by atoms with Crippen molar-refractivity contribution < 1.29 is 0 Å². The maximum atomic E-state index is 2.57. The molecule has 0 spiro atoms. The van der Waals surface area contributed by atoms with Gasteiger partial charge in [0.2, 0.25) is 0 Å². The van der Waals surface area contributed by atoms with Crippen LogP contribution in [0.5, 0.6) is 0 Å². The molecule has 0 N–H and O–H groups in total. The third-order valence-corrected chi connectivity index (χ3v) is 5.33. The summed E-state index contributed by atoms with van der Waals surface area (Å²) in [6.45, 7) is 13.5. The van der Waals surface area contributed by atoms with E-state index < -0.39 is 0 Å². The second kappa shape index (κ2) is 7.57. The fraction of sp³-hybridized carbons (Fsp3) is 0.417. The highest BCUT2D eigenvalue weighted by atomic mass is 15.4. The number of rotatable bonds is 5. The number of hydrogen-bond acceptors (Lipinski definition) is 2. The Kier molecular flexibility index (Phi) is 5.41. The van der Waals surface area contributed by atoms with E-state index in [1.54, 1.807) is 0 Å². The van der Waals surface area contributed by atoms with E-state index in [1.165, 1.54) is 33.9 Å². The third kappa shape index (κ3) is 3.25. The van der Waals surface area contributed by atoms with E-state index in [2.05, 4.69) is 99.9 Å². The molecule has 1 heterocycles. The molecule has 0 radical (unpaired) electrons. The Morgan fingerprint density at radius 1 is 0.692 bits per heavy atom. The molecule has 0 aromatic heterocycles. The molecular formula is C24H32N2. The van der Waals surface area contributed by atoms with Crippen molar-refractivity contribution >= 4 is 11.4 Å². The molecule has 138 valence electrons. The number of allylic oxidation sites excluding steroid dienone is 2. The molecule has 2 aromatic carbocycles. The number of anilines is 2. The van der Waals surface area contributed by atoms with Crippen molar-refractivity contribution in [2.75, 3.05) is 9.80 Å². The number of hydrogen-bond donors (Lipinski definition) is 0. The van der Waals surface area contributed by atoms with Crippen LogP contribution in [0.3, 0.4) is 0 Å². The smallest absolute Gasteiger partial charge is 0.113 e. The topological polar surface area (TPSA) is 6.48 Å². The molecule has 0 aliphatic carbocycles. The quantitative estimate of drug-likeness (QED) is 0.597. The van der Waals surface area contributed by atoms with Gasteiger partial charge in [-0.2, -0.15) is 0 Å². The summed E-state index contributed by atoms with van der Waals surface area (Å²) >= 11 is 0. The zero-order chi connectivity index (χ0) is 18.8. The summed E-state index contributed by atoms with van der Waals surface area (Å²) in [5, 5.41) is 0. The van der Waals surface area contributed by atoms with E-state index in [-0.39, 0.29) is 0 Å². The van der Waals surface area contributed by atoms with Crippen LogP contribution in [-0.4, -0.2) is 6.17 Å². The fourth-order valence-corrected chi connectivity index (χ4v) is 4.09. The summed E-state index contributed by atoms with van der Waals surface area (Å²) in [6.07, 6.45) is 2.40. The van der Waals surface area contributed by atoms with Gasteiger partial charge in [-0.15, -0.1) is 0 Å². The summed E-state index contributed by atoms with van der Waals surface area (Å²) in [6, 6.07) is 18.0. The Morgan fingerprint density at radius 2 is 1.04 bits per heavy atom. The monoisotopic (exact) mass is 348 g/mol. The van der Waals surface area contributed by atoms with Gasteiger partial charge >= 0.3 is 0 Å². The SMILES string of the molecule is CCC1=C(CC)N(c2ccc(C)cc2)C(C(C)C)N1c1ccc(C)cc1. The van der Waals surface area contributed by atoms with Crippen molar-refractivity contribution in [1.82, 2.24) is 0 Å². The molecule has 0 unspecified atom stereocenters. The summed E-state index contributed by atoms with van der Waals surface area (Å²) in [7, 11) is 0. The standard InChI is InChI=1S/C24H32N2/c1-7-22-23(8-2)26(21-15-11-19(6)12-16-21)24(17(3)4)25(22)20-13-9-18(5)10-14-20/h9-17,24H,7-8H2,1-6H3. The van der Waals surface area contributed by atoms with Crippen LogP contribution in [0.25, 0.3) is 0 Å². The Balaban J connectivity index is 2.15. The first-order valence-corrected chi connectivity index (χ1v) is 9.91. The second-order valence-corrected chi connectivity index (χ2v) is 7.67. The molecule has 3 rings (SSSR count). The van der Waals surface area contributed by atoms with Crippen LogP contribution >= 0.6 is 0 Å². The van der Waals surface area contributed by atoms with Crippen molar-refractivity contribution in [3.05, 3.63) is 71.1 Å². The third-order valence-electron chi connectivity index (χ3n) is 5.33. The molecule has 2 heteroatoms. The first kappa shape index (κ1) is 18.6. The Morgan fingerprint density at radius 3 is 1.31 bits per heavy atom. The predicted octanol–water partition coefficient (Wildman–Crippen LogP) is 6.64. The van der Waals surface area contributed by atoms with Crippen LogP contribution < -0.4 is 9.80 Å².